The van der Waals surface area contributed by atoms with Crippen molar-refractivity contribution >= 4 is 23.8 Å². The van der Waals surface area contributed by atoms with Crippen LogP contribution in [-0.2, 0) is 4.79 Å². The summed E-state index contributed by atoms with van der Waals surface area (Å²) in [6.45, 7) is 3.98. The Morgan fingerprint density at radius 3 is 2.75 bits per heavy atom. The van der Waals surface area contributed by atoms with E-state index < -0.39 is 18.0 Å². The summed E-state index contributed by atoms with van der Waals surface area (Å²) >= 11 is 1.55. The van der Waals surface area contributed by atoms with E-state index in [9.17, 15) is 9.59 Å². The van der Waals surface area contributed by atoms with Gasteiger partial charge in [-0.25, -0.2) is 9.59 Å². The fourth-order valence-electron chi connectivity index (χ4n) is 0.990. The van der Waals surface area contributed by atoms with E-state index >= 15 is 0 Å². The third-order valence-electron chi connectivity index (χ3n) is 1.85. The summed E-state index contributed by atoms with van der Waals surface area (Å²) in [5, 5.41) is 13.8. The Morgan fingerprint density at radius 2 is 2.25 bits per heavy atom. The molecule has 0 aromatic carbocycles. The molecule has 16 heavy (non-hydrogen) atoms. The molecule has 1 atom stereocenters. The number of hydrogen-bond acceptors (Lipinski definition) is 3. The van der Waals surface area contributed by atoms with Gasteiger partial charge in [-0.1, -0.05) is 6.08 Å². The summed E-state index contributed by atoms with van der Waals surface area (Å²) in [4.78, 5) is 22.1. The van der Waals surface area contributed by atoms with Gasteiger partial charge in [0.25, 0.3) is 0 Å². The largest absolute Gasteiger partial charge is 0.480 e. The second-order valence-electron chi connectivity index (χ2n) is 3.15. The monoisotopic (exact) mass is 246 g/mol. The molecule has 0 heterocycles. The lowest BCUT2D eigenvalue weighted by atomic mass is 10.2. The highest BCUT2D eigenvalue weighted by atomic mass is 32.2. The Kier molecular flexibility index (Phi) is 8.42. The van der Waals surface area contributed by atoms with Crippen LogP contribution in [0.15, 0.2) is 12.7 Å². The Hall–Kier alpha value is -1.17. The minimum absolute atomic E-state index is 0.422. The van der Waals surface area contributed by atoms with Crippen LogP contribution in [-0.4, -0.2) is 41.7 Å². The van der Waals surface area contributed by atoms with Crippen LogP contribution in [0, 0.1) is 0 Å². The molecule has 0 saturated carbocycles. The summed E-state index contributed by atoms with van der Waals surface area (Å²) < 4.78 is 0. The number of amides is 2. The van der Waals surface area contributed by atoms with Crippen molar-refractivity contribution in [3.8, 4) is 0 Å². The first-order valence-electron chi connectivity index (χ1n) is 4.98. The number of nitrogens with one attached hydrogen (secondary N) is 2. The predicted octanol–water partition coefficient (Wildman–Crippen LogP) is 1.07. The molecule has 92 valence electrons. The highest BCUT2D eigenvalue weighted by Gasteiger charge is 2.18. The van der Waals surface area contributed by atoms with Gasteiger partial charge >= 0.3 is 12.0 Å². The zero-order valence-corrected chi connectivity index (χ0v) is 10.2. The zero-order valence-electron chi connectivity index (χ0n) is 9.36. The summed E-state index contributed by atoms with van der Waals surface area (Å²) in [5.74, 6) is -0.308. The SMILES string of the molecule is C=CCCNC(=O)NC(CCSC)C(=O)O. The van der Waals surface area contributed by atoms with Crippen molar-refractivity contribution in [1.82, 2.24) is 10.6 Å². The first-order chi connectivity index (χ1) is 7.61. The van der Waals surface area contributed by atoms with Gasteiger partial charge in [0.1, 0.15) is 6.04 Å². The van der Waals surface area contributed by atoms with E-state index in [0.717, 1.165) is 0 Å². The normalized spacial score (nSPS) is 11.6. The molecule has 1 unspecified atom stereocenters. The third-order valence-corrected chi connectivity index (χ3v) is 2.49. The van der Waals surface area contributed by atoms with E-state index in [1.165, 1.54) is 0 Å². The fourth-order valence-corrected chi connectivity index (χ4v) is 1.46. The molecule has 0 aliphatic heterocycles. The smallest absolute Gasteiger partial charge is 0.326 e. The molecule has 0 aliphatic carbocycles. The van der Waals surface area contributed by atoms with Crippen LogP contribution in [0.4, 0.5) is 4.79 Å². The van der Waals surface area contributed by atoms with Crippen molar-refractivity contribution in [3.05, 3.63) is 12.7 Å². The lowest BCUT2D eigenvalue weighted by Crippen LogP contribution is -2.46. The molecular formula is C10H18N2O3S. The van der Waals surface area contributed by atoms with Crippen molar-refractivity contribution in [3.63, 3.8) is 0 Å². The first-order valence-corrected chi connectivity index (χ1v) is 6.38. The lowest BCUT2D eigenvalue weighted by Gasteiger charge is -2.14. The number of urea groups is 1. The minimum atomic E-state index is -1.01. The van der Waals surface area contributed by atoms with Crippen LogP contribution in [0.1, 0.15) is 12.8 Å². The molecule has 3 N–H and O–H groups in total. The molecule has 0 fully saturated rings. The lowest BCUT2D eigenvalue weighted by molar-refractivity contribution is -0.139. The zero-order chi connectivity index (χ0) is 12.4. The van der Waals surface area contributed by atoms with Crippen LogP contribution < -0.4 is 10.6 Å². The topological polar surface area (TPSA) is 78.4 Å². The molecular weight excluding hydrogens is 228 g/mol. The number of carboxylic acids is 1. The van der Waals surface area contributed by atoms with E-state index in [1.54, 1.807) is 17.8 Å². The van der Waals surface area contributed by atoms with E-state index in [2.05, 4.69) is 17.2 Å². The van der Waals surface area contributed by atoms with Crippen molar-refractivity contribution in [2.75, 3.05) is 18.6 Å². The van der Waals surface area contributed by atoms with Crippen molar-refractivity contribution in [2.24, 2.45) is 0 Å². The predicted molar refractivity (Wildman–Crippen MR) is 65.8 cm³/mol. The maximum absolute atomic E-state index is 11.3. The molecule has 0 aliphatic rings. The van der Waals surface area contributed by atoms with Crippen LogP contribution in [0.5, 0.6) is 0 Å². The molecule has 0 aromatic heterocycles. The van der Waals surface area contributed by atoms with Crippen LogP contribution in [0.2, 0.25) is 0 Å². The van der Waals surface area contributed by atoms with E-state index in [-0.39, 0.29) is 0 Å². The number of hydrogen-bond donors (Lipinski definition) is 3. The molecule has 0 radical (unpaired) electrons. The van der Waals surface area contributed by atoms with Gasteiger partial charge in [0.05, 0.1) is 0 Å². The number of aliphatic carboxylic acids is 1. The van der Waals surface area contributed by atoms with Gasteiger partial charge in [0.2, 0.25) is 0 Å². The second-order valence-corrected chi connectivity index (χ2v) is 4.14. The van der Waals surface area contributed by atoms with Crippen molar-refractivity contribution in [1.29, 1.82) is 0 Å². The van der Waals surface area contributed by atoms with Crippen LogP contribution in [0.25, 0.3) is 0 Å². The Morgan fingerprint density at radius 1 is 1.56 bits per heavy atom. The van der Waals surface area contributed by atoms with E-state index in [4.69, 9.17) is 5.11 Å². The average Bonchev–Trinajstić information content (AvgIpc) is 2.24. The fraction of sp³-hybridized carbons (Fsp3) is 0.600. The number of rotatable bonds is 8. The minimum Gasteiger partial charge on any atom is -0.480 e. The van der Waals surface area contributed by atoms with Gasteiger partial charge in [0, 0.05) is 6.54 Å². The van der Waals surface area contributed by atoms with E-state index in [1.807, 2.05) is 6.26 Å². The summed E-state index contributed by atoms with van der Waals surface area (Å²) in [5.41, 5.74) is 0. The number of carbonyl (C=O) groups is 2. The highest BCUT2D eigenvalue weighted by molar-refractivity contribution is 7.98. The molecule has 0 aromatic rings. The molecule has 0 rings (SSSR count). The summed E-state index contributed by atoms with van der Waals surface area (Å²) in [6, 6.07) is -1.27. The summed E-state index contributed by atoms with van der Waals surface area (Å²) in [7, 11) is 0. The number of carbonyl (C=O) groups excluding carboxylic acids is 1. The van der Waals surface area contributed by atoms with Gasteiger partial charge in [-0.05, 0) is 24.9 Å². The van der Waals surface area contributed by atoms with Crippen LogP contribution >= 0.6 is 11.8 Å². The maximum atomic E-state index is 11.3. The molecule has 0 spiro atoms. The Labute approximate surface area is 99.7 Å². The number of carboxylic acid groups (broad SMARTS) is 1. The highest BCUT2D eigenvalue weighted by Crippen LogP contribution is 2.00. The molecule has 2 amide bonds. The molecule has 0 bridgehead atoms. The Balaban J connectivity index is 3.92. The second kappa shape index (κ2) is 9.08. The summed E-state index contributed by atoms with van der Waals surface area (Å²) in [6.07, 6.45) is 4.66. The third kappa shape index (κ3) is 7.17. The molecule has 0 saturated heterocycles. The van der Waals surface area contributed by atoms with Gasteiger partial charge < -0.3 is 15.7 Å². The average molecular weight is 246 g/mol. The van der Waals surface area contributed by atoms with Gasteiger partial charge in [-0.3, -0.25) is 0 Å². The Bertz CT molecular complexity index is 246. The van der Waals surface area contributed by atoms with Crippen molar-refractivity contribution < 1.29 is 14.7 Å². The van der Waals surface area contributed by atoms with Crippen LogP contribution in [0.3, 0.4) is 0 Å². The van der Waals surface area contributed by atoms with Gasteiger partial charge in [-0.15, -0.1) is 6.58 Å². The first kappa shape index (κ1) is 14.8. The van der Waals surface area contributed by atoms with Crippen molar-refractivity contribution in [2.45, 2.75) is 18.9 Å². The standard InChI is InChI=1S/C10H18N2O3S/c1-3-4-6-11-10(15)12-8(9(13)14)5-7-16-2/h3,8H,1,4-7H2,2H3,(H,13,14)(H2,11,12,15). The van der Waals surface area contributed by atoms with E-state index in [0.29, 0.717) is 25.1 Å². The van der Waals surface area contributed by atoms with Gasteiger partial charge in [0.15, 0.2) is 0 Å². The maximum Gasteiger partial charge on any atom is 0.326 e. The quantitative estimate of drug-likeness (QED) is 0.442. The molecule has 6 heteroatoms. The van der Waals surface area contributed by atoms with Gasteiger partial charge in [-0.2, -0.15) is 11.8 Å². The number of thioether (sulfide) groups is 1. The molecule has 5 nitrogen and oxygen atoms in total.